The lowest BCUT2D eigenvalue weighted by Gasteiger charge is -2.14. The molecule has 0 fully saturated rings. The van der Waals surface area contributed by atoms with Crippen LogP contribution in [-0.4, -0.2) is 39.6 Å². The van der Waals surface area contributed by atoms with Gasteiger partial charge in [-0.25, -0.2) is 4.68 Å². The molecule has 3 aromatic rings. The number of benzene rings is 2. The van der Waals surface area contributed by atoms with E-state index in [2.05, 4.69) is 20.8 Å². The van der Waals surface area contributed by atoms with E-state index in [1.165, 1.54) is 0 Å². The maximum absolute atomic E-state index is 6.44. The number of thioether (sulfide) groups is 1. The lowest BCUT2D eigenvalue weighted by molar-refractivity contribution is 0.284. The van der Waals surface area contributed by atoms with Crippen molar-refractivity contribution >= 4 is 23.4 Å². The van der Waals surface area contributed by atoms with Crippen molar-refractivity contribution in [3.63, 3.8) is 0 Å². The van der Waals surface area contributed by atoms with Gasteiger partial charge in [-0.2, -0.15) is 0 Å². The van der Waals surface area contributed by atoms with Crippen LogP contribution in [0.1, 0.15) is 11.1 Å². The Bertz CT molecular complexity index is 891. The van der Waals surface area contributed by atoms with E-state index >= 15 is 0 Å². The molecule has 148 valence electrons. The molecule has 0 spiro atoms. The summed E-state index contributed by atoms with van der Waals surface area (Å²) in [5.74, 6) is 2.14. The third-order valence-corrected chi connectivity index (χ3v) is 5.34. The smallest absolute Gasteiger partial charge is 0.209 e. The lowest BCUT2D eigenvalue weighted by atomic mass is 10.2. The second-order valence-corrected chi connectivity index (χ2v) is 7.45. The zero-order chi connectivity index (χ0) is 19.8. The van der Waals surface area contributed by atoms with Crippen LogP contribution in [0.25, 0.3) is 0 Å². The van der Waals surface area contributed by atoms with Crippen LogP contribution in [0, 0.1) is 0 Å². The topological polar surface area (TPSA) is 74.1 Å². The maximum Gasteiger partial charge on any atom is 0.209 e. The van der Waals surface area contributed by atoms with Gasteiger partial charge in [0.1, 0.15) is 6.61 Å². The van der Waals surface area contributed by atoms with Gasteiger partial charge in [-0.3, -0.25) is 0 Å². The summed E-state index contributed by atoms with van der Waals surface area (Å²) >= 11 is 8.04. The molecule has 7 nitrogen and oxygen atoms in total. The fourth-order valence-electron chi connectivity index (χ4n) is 2.50. The molecule has 0 unspecified atom stereocenters. The number of aromatic nitrogens is 4. The minimum absolute atomic E-state index is 0.458. The molecule has 0 bridgehead atoms. The van der Waals surface area contributed by atoms with Crippen LogP contribution < -0.4 is 14.8 Å². The summed E-state index contributed by atoms with van der Waals surface area (Å²) < 4.78 is 13.0. The van der Waals surface area contributed by atoms with Crippen molar-refractivity contribution in [1.82, 2.24) is 25.5 Å². The fourth-order valence-corrected chi connectivity index (χ4v) is 3.47. The van der Waals surface area contributed by atoms with Gasteiger partial charge in [0.15, 0.2) is 11.5 Å². The number of ether oxygens (including phenoxy) is 2. The molecule has 28 heavy (non-hydrogen) atoms. The van der Waals surface area contributed by atoms with Gasteiger partial charge >= 0.3 is 0 Å². The van der Waals surface area contributed by atoms with Crippen molar-refractivity contribution in [2.75, 3.05) is 19.4 Å². The van der Waals surface area contributed by atoms with Gasteiger partial charge in [0.2, 0.25) is 5.16 Å². The molecule has 1 heterocycles. The summed E-state index contributed by atoms with van der Waals surface area (Å²) in [5, 5.41) is 16.2. The number of nitrogens with zero attached hydrogens (tertiary/aromatic N) is 4. The largest absolute Gasteiger partial charge is 0.493 e. The van der Waals surface area contributed by atoms with Crippen molar-refractivity contribution < 1.29 is 9.47 Å². The number of rotatable bonds is 10. The SMILES string of the molecule is COc1cc(CNCCSc2nnnn2C)c(Cl)cc1OCc1ccccc1. The monoisotopic (exact) mass is 419 g/mol. The Morgan fingerprint density at radius 3 is 2.71 bits per heavy atom. The average molecular weight is 420 g/mol. The molecule has 2 aromatic carbocycles. The Morgan fingerprint density at radius 2 is 2.00 bits per heavy atom. The van der Waals surface area contributed by atoms with Crippen LogP contribution in [0.3, 0.4) is 0 Å². The van der Waals surface area contributed by atoms with E-state index in [1.807, 2.05) is 43.4 Å². The first-order valence-corrected chi connectivity index (χ1v) is 10.1. The van der Waals surface area contributed by atoms with Crippen LogP contribution in [0.2, 0.25) is 5.02 Å². The molecule has 0 aliphatic rings. The van der Waals surface area contributed by atoms with Crippen molar-refractivity contribution in [1.29, 1.82) is 0 Å². The zero-order valence-electron chi connectivity index (χ0n) is 15.8. The van der Waals surface area contributed by atoms with Crippen LogP contribution in [0.5, 0.6) is 11.5 Å². The highest BCUT2D eigenvalue weighted by Gasteiger charge is 2.11. The van der Waals surface area contributed by atoms with Crippen LogP contribution in [-0.2, 0) is 20.2 Å². The molecular weight excluding hydrogens is 398 g/mol. The molecule has 3 rings (SSSR count). The minimum Gasteiger partial charge on any atom is -0.493 e. The Balaban J connectivity index is 1.52. The Morgan fingerprint density at radius 1 is 1.18 bits per heavy atom. The number of tetrazole rings is 1. The third-order valence-electron chi connectivity index (χ3n) is 3.98. The number of hydrogen-bond acceptors (Lipinski definition) is 7. The van der Waals surface area contributed by atoms with E-state index < -0.39 is 0 Å². The van der Waals surface area contributed by atoms with E-state index in [0.29, 0.717) is 29.7 Å². The van der Waals surface area contributed by atoms with Gasteiger partial charge in [-0.05, 0) is 27.6 Å². The predicted octanol–water partition coefficient (Wildman–Crippen LogP) is 3.33. The molecule has 0 aliphatic carbocycles. The maximum atomic E-state index is 6.44. The molecule has 0 atom stereocenters. The van der Waals surface area contributed by atoms with E-state index in [4.69, 9.17) is 21.1 Å². The van der Waals surface area contributed by atoms with E-state index in [-0.39, 0.29) is 0 Å². The van der Waals surface area contributed by atoms with E-state index in [0.717, 1.165) is 28.6 Å². The number of aryl methyl sites for hydroxylation is 1. The highest BCUT2D eigenvalue weighted by atomic mass is 35.5. The Labute approximate surface area is 173 Å². The van der Waals surface area contributed by atoms with Gasteiger partial charge in [0.25, 0.3) is 0 Å². The lowest BCUT2D eigenvalue weighted by Crippen LogP contribution is -2.17. The van der Waals surface area contributed by atoms with E-state index in [1.54, 1.807) is 29.6 Å². The average Bonchev–Trinajstić information content (AvgIpc) is 3.12. The summed E-state index contributed by atoms with van der Waals surface area (Å²) in [7, 11) is 3.45. The molecule has 0 amide bonds. The van der Waals surface area contributed by atoms with Crippen molar-refractivity contribution in [3.05, 3.63) is 58.6 Å². The summed E-state index contributed by atoms with van der Waals surface area (Å²) in [6.45, 7) is 1.88. The third kappa shape index (κ3) is 5.60. The molecule has 1 N–H and O–H groups in total. The Kier molecular flexibility index (Phi) is 7.53. The first-order valence-electron chi connectivity index (χ1n) is 8.76. The van der Waals surface area contributed by atoms with Crippen molar-refractivity contribution in [2.45, 2.75) is 18.3 Å². The summed E-state index contributed by atoms with van der Waals surface area (Å²) in [6.07, 6.45) is 0. The van der Waals surface area contributed by atoms with Gasteiger partial charge in [0.05, 0.1) is 7.11 Å². The predicted molar refractivity (Wildman–Crippen MR) is 110 cm³/mol. The summed E-state index contributed by atoms with van der Waals surface area (Å²) in [4.78, 5) is 0. The second-order valence-electron chi connectivity index (χ2n) is 5.98. The quantitative estimate of drug-likeness (QED) is 0.399. The zero-order valence-corrected chi connectivity index (χ0v) is 17.3. The number of methoxy groups -OCH3 is 1. The van der Waals surface area contributed by atoms with Crippen LogP contribution in [0.15, 0.2) is 47.6 Å². The first-order chi connectivity index (χ1) is 13.7. The highest BCUT2D eigenvalue weighted by Crippen LogP contribution is 2.34. The summed E-state index contributed by atoms with van der Waals surface area (Å²) in [5.41, 5.74) is 2.04. The highest BCUT2D eigenvalue weighted by molar-refractivity contribution is 7.99. The summed E-state index contributed by atoms with van der Waals surface area (Å²) in [6, 6.07) is 13.7. The standard InChI is InChI=1S/C19H22ClN5O2S/c1-25-19(22-23-24-25)28-9-8-21-12-15-10-17(26-2)18(11-16(15)20)27-13-14-6-4-3-5-7-14/h3-7,10-11,21H,8-9,12-13H2,1-2H3. The molecular formula is C19H22ClN5O2S. The molecule has 0 saturated heterocycles. The van der Waals surface area contributed by atoms with Crippen molar-refractivity contribution in [3.8, 4) is 11.5 Å². The van der Waals surface area contributed by atoms with Gasteiger partial charge in [0, 0.05) is 37.0 Å². The molecule has 9 heteroatoms. The first kappa shape index (κ1) is 20.4. The minimum atomic E-state index is 0.458. The molecule has 0 aliphatic heterocycles. The number of hydrogen-bond donors (Lipinski definition) is 1. The van der Waals surface area contributed by atoms with Gasteiger partial charge < -0.3 is 14.8 Å². The number of nitrogens with one attached hydrogen (secondary N) is 1. The fraction of sp³-hybridized carbons (Fsp3) is 0.316. The Hall–Kier alpha value is -2.29. The van der Waals surface area contributed by atoms with Gasteiger partial charge in [-0.1, -0.05) is 53.7 Å². The van der Waals surface area contributed by atoms with Gasteiger partial charge in [-0.15, -0.1) is 5.10 Å². The van der Waals surface area contributed by atoms with Crippen LogP contribution in [0.4, 0.5) is 0 Å². The van der Waals surface area contributed by atoms with Crippen LogP contribution >= 0.6 is 23.4 Å². The molecule has 0 saturated carbocycles. The van der Waals surface area contributed by atoms with Crippen molar-refractivity contribution in [2.24, 2.45) is 7.05 Å². The number of halogens is 1. The van der Waals surface area contributed by atoms with E-state index in [9.17, 15) is 0 Å². The molecule has 0 radical (unpaired) electrons. The molecule has 1 aromatic heterocycles. The normalized spacial score (nSPS) is 10.8. The second kappa shape index (κ2) is 10.3.